The van der Waals surface area contributed by atoms with E-state index in [4.69, 9.17) is 10.5 Å². The van der Waals surface area contributed by atoms with Gasteiger partial charge in [-0.15, -0.1) is 0 Å². The van der Waals surface area contributed by atoms with Gasteiger partial charge in [0.1, 0.15) is 4.90 Å². The lowest BCUT2D eigenvalue weighted by Crippen LogP contribution is -2.31. The minimum atomic E-state index is -3.74. The van der Waals surface area contributed by atoms with Gasteiger partial charge >= 0.3 is 0 Å². The van der Waals surface area contributed by atoms with Crippen LogP contribution in [0.2, 0.25) is 0 Å². The molecule has 2 rings (SSSR count). The van der Waals surface area contributed by atoms with Gasteiger partial charge in [-0.2, -0.15) is 0 Å². The second kappa shape index (κ2) is 5.18. The normalized spacial score (nSPS) is 16.7. The maximum absolute atomic E-state index is 12.2. The highest BCUT2D eigenvalue weighted by Crippen LogP contribution is 2.31. The summed E-state index contributed by atoms with van der Waals surface area (Å²) in [5, 5.41) is 0. The summed E-state index contributed by atoms with van der Waals surface area (Å²) in [7, 11) is -2.16. The summed E-state index contributed by atoms with van der Waals surface area (Å²) in [6.07, 6.45) is 1.27. The van der Waals surface area contributed by atoms with Crippen LogP contribution < -0.4 is 5.73 Å². The highest BCUT2D eigenvalue weighted by molar-refractivity contribution is 7.90. The van der Waals surface area contributed by atoms with Crippen LogP contribution in [0, 0.1) is 0 Å². The van der Waals surface area contributed by atoms with E-state index in [0.29, 0.717) is 25.1 Å². The molecule has 0 spiro atoms. The summed E-state index contributed by atoms with van der Waals surface area (Å²) < 4.78 is 30.3. The number of hydrogen-bond donors (Lipinski definition) is 1. The second-order valence-corrected chi connectivity index (χ2v) is 6.17. The third-order valence-corrected chi connectivity index (χ3v) is 4.81. The first kappa shape index (κ1) is 13.8. The van der Waals surface area contributed by atoms with E-state index < -0.39 is 15.9 Å². The molecule has 0 atom stereocenters. The Morgan fingerprint density at radius 2 is 2.05 bits per heavy atom. The number of methoxy groups -OCH3 is 1. The van der Waals surface area contributed by atoms with Gasteiger partial charge in [-0.3, -0.25) is 4.79 Å². The maximum atomic E-state index is 12.2. The average Bonchev–Trinajstić information content (AvgIpc) is 2.54. The zero-order chi connectivity index (χ0) is 14.0. The van der Waals surface area contributed by atoms with Gasteiger partial charge in [-0.1, -0.05) is 0 Å². The number of unbranched alkanes of at least 4 members (excludes halogenated alkanes) is 1. The number of amides is 1. The lowest BCUT2D eigenvalue weighted by atomic mass is 10.2. The molecule has 1 aromatic carbocycles. The molecule has 104 valence electrons. The number of nitrogens with two attached hydrogens (primary N) is 1. The summed E-state index contributed by atoms with van der Waals surface area (Å²) in [6.45, 7) is 0.709. The van der Waals surface area contributed by atoms with Gasteiger partial charge in [0.05, 0.1) is 5.56 Å². The van der Waals surface area contributed by atoms with Crippen LogP contribution in [0.3, 0.4) is 0 Å². The van der Waals surface area contributed by atoms with Crippen LogP contribution in [0.4, 0.5) is 5.69 Å². The van der Waals surface area contributed by atoms with Crippen molar-refractivity contribution in [2.75, 3.05) is 26.0 Å². The Balaban J connectivity index is 2.23. The minimum absolute atomic E-state index is 0.00393. The van der Waals surface area contributed by atoms with E-state index >= 15 is 0 Å². The van der Waals surface area contributed by atoms with E-state index in [1.807, 2.05) is 0 Å². The summed E-state index contributed by atoms with van der Waals surface area (Å²) in [5.74, 6) is -0.479. The number of ether oxygens (including phenoxy) is 1. The Hall–Kier alpha value is -1.60. The molecule has 0 unspecified atom stereocenters. The van der Waals surface area contributed by atoms with Crippen molar-refractivity contribution in [2.45, 2.75) is 17.7 Å². The number of sulfonamides is 1. The first-order chi connectivity index (χ1) is 8.98. The van der Waals surface area contributed by atoms with Gasteiger partial charge in [0.2, 0.25) is 0 Å². The van der Waals surface area contributed by atoms with Crippen LogP contribution in [0.15, 0.2) is 23.1 Å². The summed E-state index contributed by atoms with van der Waals surface area (Å²) >= 11 is 0. The first-order valence-electron chi connectivity index (χ1n) is 5.94. The fourth-order valence-electron chi connectivity index (χ4n) is 2.01. The van der Waals surface area contributed by atoms with Crippen molar-refractivity contribution in [3.05, 3.63) is 23.8 Å². The zero-order valence-corrected chi connectivity index (χ0v) is 11.4. The van der Waals surface area contributed by atoms with Crippen LogP contribution in [0.5, 0.6) is 0 Å². The van der Waals surface area contributed by atoms with Crippen molar-refractivity contribution >= 4 is 21.6 Å². The number of carbonyl (C=O) groups excluding carboxylic acids is 1. The number of rotatable bonds is 5. The number of nitrogen functional groups attached to an aromatic ring is 1. The average molecular weight is 284 g/mol. The molecular weight excluding hydrogens is 268 g/mol. The minimum Gasteiger partial charge on any atom is -0.399 e. The maximum Gasteiger partial charge on any atom is 0.269 e. The number of fused-ring (bicyclic) bond motifs is 1. The first-order valence-corrected chi connectivity index (χ1v) is 7.38. The molecule has 0 aromatic heterocycles. The number of nitrogens with zero attached hydrogens (tertiary/aromatic N) is 1. The quantitative estimate of drug-likeness (QED) is 0.639. The lowest BCUT2D eigenvalue weighted by molar-refractivity contribution is 0.0866. The molecule has 0 saturated carbocycles. The van der Waals surface area contributed by atoms with Crippen LogP contribution in [-0.2, 0) is 14.8 Å². The second-order valence-electron chi connectivity index (χ2n) is 4.34. The smallest absolute Gasteiger partial charge is 0.269 e. The molecule has 19 heavy (non-hydrogen) atoms. The molecule has 7 heteroatoms. The summed E-state index contributed by atoms with van der Waals surface area (Å²) in [5.41, 5.74) is 6.10. The number of anilines is 1. The van der Waals surface area contributed by atoms with Crippen molar-refractivity contribution in [3.63, 3.8) is 0 Å². The Morgan fingerprint density at radius 1 is 1.32 bits per heavy atom. The van der Waals surface area contributed by atoms with Crippen LogP contribution >= 0.6 is 0 Å². The molecule has 0 radical (unpaired) electrons. The Labute approximate surface area is 112 Å². The largest absolute Gasteiger partial charge is 0.399 e. The highest BCUT2D eigenvalue weighted by Gasteiger charge is 2.40. The molecule has 0 saturated heterocycles. The topological polar surface area (TPSA) is 89.7 Å². The zero-order valence-electron chi connectivity index (χ0n) is 10.6. The molecule has 2 N–H and O–H groups in total. The predicted octanol–water partition coefficient (Wildman–Crippen LogP) is 0.840. The van der Waals surface area contributed by atoms with E-state index in [-0.39, 0.29) is 17.0 Å². The van der Waals surface area contributed by atoms with Gasteiger partial charge in [0, 0.05) is 25.9 Å². The van der Waals surface area contributed by atoms with Gasteiger partial charge in [0.25, 0.3) is 15.9 Å². The Kier molecular flexibility index (Phi) is 3.77. The standard InChI is InChI=1S/C12H16N2O4S/c1-18-7-3-2-6-14-12(15)10-5-4-9(13)8-11(10)19(14,16)17/h4-5,8H,2-3,6-7,13H2,1H3. The highest BCUT2D eigenvalue weighted by atomic mass is 32.2. The molecule has 0 bridgehead atoms. The Bertz CT molecular complexity index is 598. The molecule has 0 aliphatic carbocycles. The molecule has 1 heterocycles. The van der Waals surface area contributed by atoms with Crippen LogP contribution in [-0.4, -0.2) is 38.9 Å². The number of hydrogen-bond acceptors (Lipinski definition) is 5. The summed E-state index contributed by atoms with van der Waals surface area (Å²) in [4.78, 5) is 12.1. The van der Waals surface area contributed by atoms with E-state index in [1.54, 1.807) is 7.11 Å². The van der Waals surface area contributed by atoms with E-state index in [1.165, 1.54) is 18.2 Å². The number of carbonyl (C=O) groups is 1. The number of benzene rings is 1. The fraction of sp³-hybridized carbons (Fsp3) is 0.417. The van der Waals surface area contributed by atoms with Gasteiger partial charge in [0.15, 0.2) is 0 Å². The fourth-order valence-corrected chi connectivity index (χ4v) is 3.66. The SMILES string of the molecule is COCCCCN1C(=O)c2ccc(N)cc2S1(=O)=O. The van der Waals surface area contributed by atoms with Crippen molar-refractivity contribution in [3.8, 4) is 0 Å². The molecular formula is C12H16N2O4S. The van der Waals surface area contributed by atoms with Gasteiger partial charge in [-0.25, -0.2) is 12.7 Å². The van der Waals surface area contributed by atoms with Gasteiger partial charge in [-0.05, 0) is 31.0 Å². The molecule has 0 fully saturated rings. The molecule has 6 nitrogen and oxygen atoms in total. The van der Waals surface area contributed by atoms with E-state index in [9.17, 15) is 13.2 Å². The van der Waals surface area contributed by atoms with Crippen LogP contribution in [0.25, 0.3) is 0 Å². The third-order valence-electron chi connectivity index (χ3n) is 2.99. The molecule has 1 aliphatic heterocycles. The predicted molar refractivity (Wildman–Crippen MR) is 70.2 cm³/mol. The van der Waals surface area contributed by atoms with Gasteiger partial charge < -0.3 is 10.5 Å². The monoisotopic (exact) mass is 284 g/mol. The van der Waals surface area contributed by atoms with Crippen LogP contribution in [0.1, 0.15) is 23.2 Å². The van der Waals surface area contributed by atoms with Crippen molar-refractivity contribution in [2.24, 2.45) is 0 Å². The summed E-state index contributed by atoms with van der Waals surface area (Å²) in [6, 6.07) is 4.32. The van der Waals surface area contributed by atoms with Crippen molar-refractivity contribution in [1.29, 1.82) is 0 Å². The van der Waals surface area contributed by atoms with E-state index in [2.05, 4.69) is 0 Å². The molecule has 1 aromatic rings. The lowest BCUT2D eigenvalue weighted by Gasteiger charge is -2.14. The van der Waals surface area contributed by atoms with Crippen molar-refractivity contribution in [1.82, 2.24) is 4.31 Å². The molecule has 1 amide bonds. The van der Waals surface area contributed by atoms with E-state index in [0.717, 1.165) is 4.31 Å². The Morgan fingerprint density at radius 3 is 2.74 bits per heavy atom. The third kappa shape index (κ3) is 2.43. The van der Waals surface area contributed by atoms with Crippen molar-refractivity contribution < 1.29 is 17.9 Å². The molecule has 1 aliphatic rings.